The molecule has 0 saturated carbocycles. The van der Waals surface area contributed by atoms with Crippen LogP contribution in [-0.4, -0.2) is 43.8 Å². The van der Waals surface area contributed by atoms with Gasteiger partial charge >= 0.3 is 0 Å². The minimum Gasteiger partial charge on any atom is -0.352 e. The summed E-state index contributed by atoms with van der Waals surface area (Å²) in [5.74, 6) is -1.05. The Balaban J connectivity index is 2.07. The molecule has 0 unspecified atom stereocenters. The molecule has 2 amide bonds. The highest BCUT2D eigenvalue weighted by molar-refractivity contribution is 7.92. The van der Waals surface area contributed by atoms with Crippen LogP contribution in [0.1, 0.15) is 70.1 Å². The minimum atomic E-state index is -4.15. The number of carbonyl (C=O) groups is 2. The molecular formula is C33H42FN3O4S. The van der Waals surface area contributed by atoms with Gasteiger partial charge in [-0.25, -0.2) is 12.8 Å². The van der Waals surface area contributed by atoms with Gasteiger partial charge in [-0.1, -0.05) is 69.7 Å². The van der Waals surface area contributed by atoms with E-state index in [1.54, 1.807) is 43.3 Å². The zero-order chi connectivity index (χ0) is 31.0. The number of anilines is 1. The van der Waals surface area contributed by atoms with E-state index in [9.17, 15) is 22.4 Å². The molecule has 0 aliphatic carbocycles. The third-order valence-corrected chi connectivity index (χ3v) is 9.18. The fourth-order valence-electron chi connectivity index (χ4n) is 4.54. The van der Waals surface area contributed by atoms with Gasteiger partial charge in [0.2, 0.25) is 11.8 Å². The number of nitrogens with zero attached hydrogens (tertiary/aromatic N) is 2. The second-order valence-electron chi connectivity index (χ2n) is 11.0. The van der Waals surface area contributed by atoms with Gasteiger partial charge in [0, 0.05) is 12.6 Å². The second kappa shape index (κ2) is 14.4. The van der Waals surface area contributed by atoms with Crippen LogP contribution in [0.25, 0.3) is 0 Å². The first-order valence-corrected chi connectivity index (χ1v) is 15.8. The van der Waals surface area contributed by atoms with E-state index in [2.05, 4.69) is 5.32 Å². The fraction of sp³-hybridized carbons (Fsp3) is 0.394. The molecule has 3 rings (SSSR count). The predicted octanol–water partition coefficient (Wildman–Crippen LogP) is 6.17. The van der Waals surface area contributed by atoms with Crippen molar-refractivity contribution in [1.29, 1.82) is 0 Å². The average Bonchev–Trinajstić information content (AvgIpc) is 2.96. The number of rotatable bonds is 13. The third-order valence-electron chi connectivity index (χ3n) is 7.39. The summed E-state index contributed by atoms with van der Waals surface area (Å²) in [5, 5.41) is 2.95. The molecule has 0 aliphatic heterocycles. The van der Waals surface area contributed by atoms with E-state index in [0.717, 1.165) is 15.4 Å². The molecule has 3 aromatic carbocycles. The normalized spacial score (nSPS) is 13.0. The van der Waals surface area contributed by atoms with Crippen LogP contribution in [0.3, 0.4) is 0 Å². The Bertz CT molecular complexity index is 1440. The van der Waals surface area contributed by atoms with Crippen molar-refractivity contribution >= 4 is 27.5 Å². The number of halogens is 1. The first-order chi connectivity index (χ1) is 19.9. The van der Waals surface area contributed by atoms with Gasteiger partial charge in [0.05, 0.1) is 10.6 Å². The van der Waals surface area contributed by atoms with Crippen LogP contribution in [-0.2, 0) is 26.2 Å². The van der Waals surface area contributed by atoms with E-state index in [1.165, 1.54) is 29.2 Å². The highest BCUT2D eigenvalue weighted by atomic mass is 32.2. The van der Waals surface area contributed by atoms with Crippen LogP contribution in [0.4, 0.5) is 10.1 Å². The summed E-state index contributed by atoms with van der Waals surface area (Å²) in [4.78, 5) is 28.9. The number of amides is 2. The minimum absolute atomic E-state index is 0.0102. The van der Waals surface area contributed by atoms with Gasteiger partial charge in [-0.15, -0.1) is 0 Å². The van der Waals surface area contributed by atoms with E-state index in [-0.39, 0.29) is 29.3 Å². The predicted molar refractivity (Wildman–Crippen MR) is 165 cm³/mol. The van der Waals surface area contributed by atoms with E-state index in [1.807, 2.05) is 46.8 Å². The molecule has 2 atom stereocenters. The lowest BCUT2D eigenvalue weighted by molar-refractivity contribution is -0.140. The van der Waals surface area contributed by atoms with Crippen LogP contribution >= 0.6 is 0 Å². The number of sulfonamides is 1. The highest BCUT2D eigenvalue weighted by Crippen LogP contribution is 2.27. The van der Waals surface area contributed by atoms with Gasteiger partial charge in [0.15, 0.2) is 0 Å². The van der Waals surface area contributed by atoms with Crippen molar-refractivity contribution in [3.63, 3.8) is 0 Å². The summed E-state index contributed by atoms with van der Waals surface area (Å²) in [6.45, 7) is 11.1. The molecule has 0 bridgehead atoms. The van der Waals surface area contributed by atoms with Crippen molar-refractivity contribution in [2.45, 2.75) is 83.8 Å². The van der Waals surface area contributed by atoms with Gasteiger partial charge in [0.1, 0.15) is 18.4 Å². The van der Waals surface area contributed by atoms with E-state index in [4.69, 9.17) is 0 Å². The number of carbonyl (C=O) groups excluding carboxylic acids is 2. The van der Waals surface area contributed by atoms with Gasteiger partial charge in [0.25, 0.3) is 10.0 Å². The molecule has 0 aliphatic rings. The molecule has 3 aromatic rings. The topological polar surface area (TPSA) is 86.8 Å². The van der Waals surface area contributed by atoms with Crippen LogP contribution in [0, 0.1) is 12.7 Å². The summed E-state index contributed by atoms with van der Waals surface area (Å²) in [7, 11) is -4.15. The lowest BCUT2D eigenvalue weighted by Gasteiger charge is -2.33. The standard InChI is InChI=1S/C33H42FN3O4S/c1-7-25(6)35-33(39)31(8-2)36(21-26-11-15-28(34)16-12-26)32(38)22-37(29-17-13-27(14-18-29)23(3)4)42(40,41)30-19-9-24(5)10-20-30/h9-20,23,25,31H,7-8,21-22H2,1-6H3,(H,35,39)/t25-,31-/m0/s1. The molecule has 0 saturated heterocycles. The molecule has 0 fully saturated rings. The maximum Gasteiger partial charge on any atom is 0.264 e. The summed E-state index contributed by atoms with van der Waals surface area (Å²) in [6, 6.07) is 18.3. The Morgan fingerprint density at radius 2 is 1.45 bits per heavy atom. The van der Waals surface area contributed by atoms with Crippen molar-refractivity contribution < 1.29 is 22.4 Å². The SMILES string of the molecule is CC[C@H](C)NC(=O)[C@H](CC)N(Cc1ccc(F)cc1)C(=O)CN(c1ccc(C(C)C)cc1)S(=O)(=O)c1ccc(C)cc1. The molecule has 7 nitrogen and oxygen atoms in total. The van der Waals surface area contributed by atoms with Crippen LogP contribution in [0.2, 0.25) is 0 Å². The molecule has 9 heteroatoms. The van der Waals surface area contributed by atoms with E-state index >= 15 is 0 Å². The van der Waals surface area contributed by atoms with Gasteiger partial charge in [-0.2, -0.15) is 0 Å². The maximum atomic E-state index is 14.1. The maximum absolute atomic E-state index is 14.1. The van der Waals surface area contributed by atoms with Crippen molar-refractivity contribution in [3.8, 4) is 0 Å². The first-order valence-electron chi connectivity index (χ1n) is 14.4. The van der Waals surface area contributed by atoms with Gasteiger partial charge in [-0.3, -0.25) is 13.9 Å². The van der Waals surface area contributed by atoms with E-state index < -0.39 is 34.3 Å². The molecule has 226 valence electrons. The van der Waals surface area contributed by atoms with Gasteiger partial charge < -0.3 is 10.2 Å². The van der Waals surface area contributed by atoms with Crippen molar-refractivity contribution in [3.05, 3.63) is 95.3 Å². The monoisotopic (exact) mass is 595 g/mol. The summed E-state index contributed by atoms with van der Waals surface area (Å²) in [5.41, 5.74) is 2.89. The molecule has 1 N–H and O–H groups in total. The smallest absolute Gasteiger partial charge is 0.264 e. The summed E-state index contributed by atoms with van der Waals surface area (Å²) >= 11 is 0. The van der Waals surface area contributed by atoms with Crippen molar-refractivity contribution in [2.75, 3.05) is 10.8 Å². The summed E-state index contributed by atoms with van der Waals surface area (Å²) in [6.07, 6.45) is 1.02. The van der Waals surface area contributed by atoms with Crippen LogP contribution in [0.15, 0.2) is 77.7 Å². The highest BCUT2D eigenvalue weighted by Gasteiger charge is 2.34. The first kappa shape index (κ1) is 32.8. The Kier molecular flexibility index (Phi) is 11.3. The molecular weight excluding hydrogens is 553 g/mol. The molecule has 0 heterocycles. The number of hydrogen-bond donors (Lipinski definition) is 1. The number of aryl methyl sites for hydroxylation is 1. The van der Waals surface area contributed by atoms with Crippen LogP contribution < -0.4 is 9.62 Å². The Hall–Kier alpha value is -3.72. The lowest BCUT2D eigenvalue weighted by Crippen LogP contribution is -2.53. The largest absolute Gasteiger partial charge is 0.352 e. The number of hydrogen-bond acceptors (Lipinski definition) is 4. The Morgan fingerprint density at radius 3 is 1.98 bits per heavy atom. The fourth-order valence-corrected chi connectivity index (χ4v) is 5.95. The van der Waals surface area contributed by atoms with E-state index in [0.29, 0.717) is 24.1 Å². The Morgan fingerprint density at radius 1 is 0.857 bits per heavy atom. The summed E-state index contributed by atoms with van der Waals surface area (Å²) < 4.78 is 42.8. The quantitative estimate of drug-likeness (QED) is 0.256. The van der Waals surface area contributed by atoms with Crippen molar-refractivity contribution in [2.24, 2.45) is 0 Å². The second-order valence-corrected chi connectivity index (χ2v) is 12.8. The molecule has 42 heavy (non-hydrogen) atoms. The van der Waals surface area contributed by atoms with Crippen LogP contribution in [0.5, 0.6) is 0 Å². The molecule has 0 aromatic heterocycles. The zero-order valence-electron chi connectivity index (χ0n) is 25.3. The van der Waals surface area contributed by atoms with Gasteiger partial charge in [-0.05, 0) is 80.1 Å². The Labute approximate surface area is 249 Å². The zero-order valence-corrected chi connectivity index (χ0v) is 26.1. The average molecular weight is 596 g/mol. The number of nitrogens with one attached hydrogen (secondary N) is 1. The molecule has 0 radical (unpaired) electrons. The third kappa shape index (κ3) is 8.18. The lowest BCUT2D eigenvalue weighted by atomic mass is 10.0. The number of benzene rings is 3. The van der Waals surface area contributed by atoms with Crippen molar-refractivity contribution in [1.82, 2.24) is 10.2 Å². The molecule has 0 spiro atoms.